The highest BCUT2D eigenvalue weighted by atomic mass is 16.6. The van der Waals surface area contributed by atoms with Crippen LogP contribution < -0.4 is 11.2 Å². The number of nitrogens with one attached hydrogen (secondary N) is 1. The van der Waals surface area contributed by atoms with Crippen LogP contribution in [0.4, 0.5) is 17.1 Å². The maximum atomic E-state index is 12.9. The summed E-state index contributed by atoms with van der Waals surface area (Å²) in [6.07, 6.45) is 0. The summed E-state index contributed by atoms with van der Waals surface area (Å²) in [4.78, 5) is 35.4. The summed E-state index contributed by atoms with van der Waals surface area (Å²) >= 11 is 0. The molecule has 2 heterocycles. The number of azo groups is 1. The average Bonchev–Trinajstić information content (AvgIpc) is 3.01. The second kappa shape index (κ2) is 8.19. The number of nitrogens with zero attached hydrogens (tertiary/aromatic N) is 4. The van der Waals surface area contributed by atoms with Crippen LogP contribution in [0.5, 0.6) is 5.75 Å². The molecule has 0 aliphatic carbocycles. The van der Waals surface area contributed by atoms with Crippen LogP contribution in [-0.4, -0.2) is 19.8 Å². The Labute approximate surface area is 185 Å². The first-order valence-electron chi connectivity index (χ1n) is 9.87. The van der Waals surface area contributed by atoms with E-state index in [1.807, 2.05) is 0 Å². The van der Waals surface area contributed by atoms with Gasteiger partial charge in [0.15, 0.2) is 5.69 Å². The molecule has 0 amide bonds. The smallest absolute Gasteiger partial charge is 0.336 e. The second-order valence-electron chi connectivity index (χ2n) is 7.59. The van der Waals surface area contributed by atoms with Crippen molar-refractivity contribution in [2.24, 2.45) is 10.2 Å². The summed E-state index contributed by atoms with van der Waals surface area (Å²) in [7, 11) is 0. The number of hydrogen-bond acceptors (Lipinski definition) is 8. The van der Waals surface area contributed by atoms with Gasteiger partial charge in [-0.05, 0) is 44.5 Å². The zero-order chi connectivity index (χ0) is 23.9. The molecule has 2 N–H and O–H groups in total. The molecule has 0 atom stereocenters. The van der Waals surface area contributed by atoms with Gasteiger partial charge in [0.1, 0.15) is 11.3 Å². The maximum absolute atomic E-state index is 12.9. The lowest BCUT2D eigenvalue weighted by Crippen LogP contribution is -2.17. The van der Waals surface area contributed by atoms with Crippen molar-refractivity contribution in [1.82, 2.24) is 9.78 Å². The van der Waals surface area contributed by atoms with Crippen molar-refractivity contribution >= 4 is 28.0 Å². The van der Waals surface area contributed by atoms with Gasteiger partial charge in [-0.2, -0.15) is 5.11 Å². The first kappa shape index (κ1) is 21.7. The van der Waals surface area contributed by atoms with Gasteiger partial charge in [0.05, 0.1) is 28.4 Å². The molecule has 0 radical (unpaired) electrons. The fourth-order valence-corrected chi connectivity index (χ4v) is 3.53. The van der Waals surface area contributed by atoms with Crippen LogP contribution in [-0.2, 0) is 6.54 Å². The van der Waals surface area contributed by atoms with E-state index in [1.165, 1.54) is 22.9 Å². The molecule has 0 bridgehead atoms. The van der Waals surface area contributed by atoms with E-state index < -0.39 is 16.1 Å². The molecule has 2 aromatic heterocycles. The zero-order valence-electron chi connectivity index (χ0n) is 17.9. The largest absolute Gasteiger partial charge is 0.507 e. The van der Waals surface area contributed by atoms with Crippen LogP contribution in [0.2, 0.25) is 0 Å². The number of nitro benzene ring substituents is 1. The molecule has 33 heavy (non-hydrogen) atoms. The lowest BCUT2D eigenvalue weighted by atomic mass is 10.1. The fraction of sp³-hybridized carbons (Fsp3) is 0.182. The Hall–Kier alpha value is -4.54. The number of rotatable bonds is 5. The summed E-state index contributed by atoms with van der Waals surface area (Å²) in [6, 6.07) is 8.84. The summed E-state index contributed by atoms with van der Waals surface area (Å²) in [5, 5.41) is 33.0. The topological polar surface area (TPSA) is 156 Å². The number of phenolic OH excluding ortho intramolecular Hbond substituents is 1. The van der Waals surface area contributed by atoms with Gasteiger partial charge in [0.25, 0.3) is 11.2 Å². The average molecular weight is 449 g/mol. The van der Waals surface area contributed by atoms with Crippen molar-refractivity contribution in [3.8, 4) is 5.75 Å². The number of aromatic nitrogens is 2. The van der Waals surface area contributed by atoms with Crippen LogP contribution in [0.1, 0.15) is 22.4 Å². The fourth-order valence-electron chi connectivity index (χ4n) is 3.53. The molecular weight excluding hydrogens is 430 g/mol. The zero-order valence-corrected chi connectivity index (χ0v) is 17.9. The molecule has 168 valence electrons. The first-order valence-corrected chi connectivity index (χ1v) is 9.87. The maximum Gasteiger partial charge on any atom is 0.336 e. The Bertz CT molecular complexity index is 1560. The van der Waals surface area contributed by atoms with E-state index in [0.29, 0.717) is 22.2 Å². The number of fused-ring (bicyclic) bond motifs is 1. The summed E-state index contributed by atoms with van der Waals surface area (Å²) in [5.41, 5.74) is 1.06. The molecular formula is C22H19N5O6. The third-order valence-corrected chi connectivity index (χ3v) is 5.27. The minimum atomic E-state index is -0.566. The standard InChI is InChI=1S/C22H19N5O6/c1-11-4-5-14(9-17(11)27(31)32)23-24-20-13(3)25-26(22(20)30)10-16-18(28)7-6-15-12(2)8-19(29)33-21(15)16/h4-9,25,28H,10H2,1-3H3. The number of aromatic hydroxyl groups is 1. The molecule has 0 saturated heterocycles. The van der Waals surface area contributed by atoms with E-state index in [1.54, 1.807) is 39.0 Å². The summed E-state index contributed by atoms with van der Waals surface area (Å²) < 4.78 is 6.51. The van der Waals surface area contributed by atoms with Crippen molar-refractivity contribution in [1.29, 1.82) is 0 Å². The van der Waals surface area contributed by atoms with Crippen LogP contribution in [0.25, 0.3) is 11.0 Å². The predicted molar refractivity (Wildman–Crippen MR) is 120 cm³/mol. The molecule has 2 aromatic carbocycles. The third kappa shape index (κ3) is 4.03. The Morgan fingerprint density at radius 1 is 1.09 bits per heavy atom. The first-order chi connectivity index (χ1) is 15.7. The van der Waals surface area contributed by atoms with Gasteiger partial charge in [0, 0.05) is 23.1 Å². The molecule has 4 aromatic rings. The lowest BCUT2D eigenvalue weighted by molar-refractivity contribution is -0.385. The van der Waals surface area contributed by atoms with Crippen LogP contribution in [0.3, 0.4) is 0 Å². The number of H-pyrrole nitrogens is 1. The highest BCUT2D eigenvalue weighted by molar-refractivity contribution is 5.84. The van der Waals surface area contributed by atoms with Crippen molar-refractivity contribution in [3.63, 3.8) is 0 Å². The monoisotopic (exact) mass is 449 g/mol. The molecule has 0 saturated carbocycles. The van der Waals surface area contributed by atoms with E-state index in [0.717, 1.165) is 0 Å². The number of benzene rings is 2. The van der Waals surface area contributed by atoms with Crippen molar-refractivity contribution < 1.29 is 14.4 Å². The Morgan fingerprint density at radius 3 is 2.58 bits per heavy atom. The summed E-state index contributed by atoms with van der Waals surface area (Å²) in [6.45, 7) is 4.87. The van der Waals surface area contributed by atoms with Crippen molar-refractivity contribution in [2.75, 3.05) is 0 Å². The molecule has 11 heteroatoms. The third-order valence-electron chi connectivity index (χ3n) is 5.27. The van der Waals surface area contributed by atoms with E-state index in [2.05, 4.69) is 15.3 Å². The predicted octanol–water partition coefficient (Wildman–Crippen LogP) is 4.29. The quantitative estimate of drug-likeness (QED) is 0.200. The molecule has 0 fully saturated rings. The molecule has 0 aliphatic heterocycles. The lowest BCUT2D eigenvalue weighted by Gasteiger charge is -2.09. The normalized spacial score (nSPS) is 11.5. The Morgan fingerprint density at radius 2 is 1.85 bits per heavy atom. The SMILES string of the molecule is Cc1ccc(N=Nc2c(C)[nH]n(Cc3c(O)ccc4c(C)cc(=O)oc34)c2=O)cc1[N+](=O)[O-]. The van der Waals surface area contributed by atoms with Gasteiger partial charge in [0.2, 0.25) is 0 Å². The number of aromatic amines is 1. The minimum Gasteiger partial charge on any atom is -0.507 e. The molecule has 4 rings (SSSR count). The van der Waals surface area contributed by atoms with Gasteiger partial charge in [-0.1, -0.05) is 6.07 Å². The van der Waals surface area contributed by atoms with Crippen LogP contribution in [0, 0.1) is 30.9 Å². The second-order valence-corrected chi connectivity index (χ2v) is 7.59. The highest BCUT2D eigenvalue weighted by Gasteiger charge is 2.17. The molecule has 0 aliphatic rings. The molecule has 0 unspecified atom stereocenters. The van der Waals surface area contributed by atoms with Crippen molar-refractivity contribution in [3.05, 3.63) is 89.7 Å². The minimum absolute atomic E-state index is 0.00980. The number of nitro groups is 1. The Balaban J connectivity index is 1.73. The summed E-state index contributed by atoms with van der Waals surface area (Å²) in [5.74, 6) is -0.134. The van der Waals surface area contributed by atoms with Gasteiger partial charge in [-0.3, -0.25) is 20.0 Å². The van der Waals surface area contributed by atoms with Gasteiger partial charge < -0.3 is 9.52 Å². The van der Waals surface area contributed by atoms with E-state index >= 15 is 0 Å². The van der Waals surface area contributed by atoms with E-state index in [-0.39, 0.29) is 40.5 Å². The number of aryl methyl sites for hydroxylation is 3. The van der Waals surface area contributed by atoms with E-state index in [4.69, 9.17) is 4.42 Å². The van der Waals surface area contributed by atoms with Crippen molar-refractivity contribution in [2.45, 2.75) is 27.3 Å². The van der Waals surface area contributed by atoms with E-state index in [9.17, 15) is 24.8 Å². The van der Waals surface area contributed by atoms with Gasteiger partial charge >= 0.3 is 5.63 Å². The van der Waals surface area contributed by atoms with Crippen LogP contribution in [0.15, 0.2) is 60.6 Å². The number of phenols is 1. The van der Waals surface area contributed by atoms with Gasteiger partial charge in [-0.25, -0.2) is 9.48 Å². The molecule has 11 nitrogen and oxygen atoms in total. The van der Waals surface area contributed by atoms with Crippen LogP contribution >= 0.6 is 0 Å². The number of hydrogen-bond donors (Lipinski definition) is 2. The highest BCUT2D eigenvalue weighted by Crippen LogP contribution is 2.29. The molecule has 0 spiro atoms. The Kier molecular flexibility index (Phi) is 5.38. The van der Waals surface area contributed by atoms with Gasteiger partial charge in [-0.15, -0.1) is 5.11 Å².